The Hall–Kier alpha value is -1.10. The maximum Gasteiger partial charge on any atom is 0.321 e. The molecule has 1 heterocycles. The van der Waals surface area contributed by atoms with Gasteiger partial charge in [0.1, 0.15) is 0 Å². The highest BCUT2D eigenvalue weighted by Crippen LogP contribution is 2.16. The van der Waals surface area contributed by atoms with E-state index in [1.54, 1.807) is 0 Å². The summed E-state index contributed by atoms with van der Waals surface area (Å²) in [7, 11) is 0. The van der Waals surface area contributed by atoms with Crippen LogP contribution in [0.25, 0.3) is 0 Å². The van der Waals surface area contributed by atoms with Crippen molar-refractivity contribution in [1.82, 2.24) is 15.5 Å². The third-order valence-electron chi connectivity index (χ3n) is 3.22. The number of nitrogens with one attached hydrogen (secondary N) is 2. The lowest BCUT2D eigenvalue weighted by Crippen LogP contribution is -2.32. The van der Waals surface area contributed by atoms with E-state index in [0.717, 1.165) is 13.1 Å². The first kappa shape index (κ1) is 12.4. The summed E-state index contributed by atoms with van der Waals surface area (Å²) in [6.07, 6.45) is 8.18. The van der Waals surface area contributed by atoms with Gasteiger partial charge in [0, 0.05) is 19.1 Å². The average molecular weight is 238 g/mol. The van der Waals surface area contributed by atoms with Gasteiger partial charge in [-0.15, -0.1) is 0 Å². The minimum Gasteiger partial charge on any atom is -0.336 e. The lowest BCUT2D eigenvalue weighted by Gasteiger charge is -2.15. The van der Waals surface area contributed by atoms with Gasteiger partial charge in [-0.05, 0) is 19.8 Å². The Labute approximate surface area is 102 Å². The predicted molar refractivity (Wildman–Crippen MR) is 67.0 cm³/mol. The average Bonchev–Trinajstić information content (AvgIpc) is 2.59. The predicted octanol–water partition coefficient (Wildman–Crippen LogP) is 2.10. The molecular formula is C12H22N4O. The van der Waals surface area contributed by atoms with Gasteiger partial charge < -0.3 is 15.2 Å². The van der Waals surface area contributed by atoms with E-state index in [1.807, 2.05) is 6.92 Å². The SMILES string of the molecule is Cc1noc(NCCNC2CCCCCC2)n1. The fraction of sp³-hybridized carbons (Fsp3) is 0.833. The normalized spacial score (nSPS) is 17.9. The Morgan fingerprint density at radius 3 is 2.59 bits per heavy atom. The second-order valence-electron chi connectivity index (χ2n) is 4.72. The highest BCUT2D eigenvalue weighted by molar-refractivity contribution is 5.17. The third kappa shape index (κ3) is 4.34. The van der Waals surface area contributed by atoms with Crippen LogP contribution in [0.3, 0.4) is 0 Å². The Morgan fingerprint density at radius 1 is 1.18 bits per heavy atom. The molecule has 0 bridgehead atoms. The maximum absolute atomic E-state index is 4.98. The summed E-state index contributed by atoms with van der Waals surface area (Å²) >= 11 is 0. The fourth-order valence-electron chi connectivity index (χ4n) is 2.30. The van der Waals surface area contributed by atoms with Crippen molar-refractivity contribution in [2.45, 2.75) is 51.5 Å². The van der Waals surface area contributed by atoms with Gasteiger partial charge >= 0.3 is 6.01 Å². The van der Waals surface area contributed by atoms with Gasteiger partial charge in [-0.25, -0.2) is 0 Å². The van der Waals surface area contributed by atoms with Crippen LogP contribution < -0.4 is 10.6 Å². The second-order valence-corrected chi connectivity index (χ2v) is 4.72. The molecule has 17 heavy (non-hydrogen) atoms. The van der Waals surface area contributed by atoms with Gasteiger partial charge in [-0.2, -0.15) is 4.98 Å². The minimum atomic E-state index is 0.519. The summed E-state index contributed by atoms with van der Waals surface area (Å²) in [4.78, 5) is 4.09. The Bertz CT molecular complexity index is 318. The molecule has 0 aromatic carbocycles. The molecule has 0 radical (unpaired) electrons. The van der Waals surface area contributed by atoms with Crippen LogP contribution in [0.1, 0.15) is 44.3 Å². The summed E-state index contributed by atoms with van der Waals surface area (Å²) < 4.78 is 4.98. The first-order valence-electron chi connectivity index (χ1n) is 6.62. The molecule has 0 amide bonds. The molecular weight excluding hydrogens is 216 g/mol. The molecule has 2 N–H and O–H groups in total. The standard InChI is InChI=1S/C12H22N4O/c1-10-15-12(17-16-10)14-9-8-13-11-6-4-2-3-5-7-11/h11,13H,2-9H2,1H3,(H,14,15,16). The lowest BCUT2D eigenvalue weighted by atomic mass is 10.1. The van der Waals surface area contributed by atoms with Crippen LogP contribution in [-0.4, -0.2) is 29.3 Å². The van der Waals surface area contributed by atoms with Crippen molar-refractivity contribution in [3.63, 3.8) is 0 Å². The van der Waals surface area contributed by atoms with Crippen LogP contribution in [0.2, 0.25) is 0 Å². The Morgan fingerprint density at radius 2 is 1.94 bits per heavy atom. The van der Waals surface area contributed by atoms with Crippen LogP contribution in [0.4, 0.5) is 6.01 Å². The first-order valence-corrected chi connectivity index (χ1v) is 6.62. The maximum atomic E-state index is 4.98. The first-order chi connectivity index (χ1) is 8.34. The van der Waals surface area contributed by atoms with Gasteiger partial charge in [-0.3, -0.25) is 0 Å². The summed E-state index contributed by atoms with van der Waals surface area (Å²) in [5.74, 6) is 0.671. The molecule has 1 aromatic rings. The number of aryl methyl sites for hydroxylation is 1. The zero-order valence-electron chi connectivity index (χ0n) is 10.5. The molecule has 1 aliphatic rings. The minimum absolute atomic E-state index is 0.519. The van der Waals surface area contributed by atoms with Crippen molar-refractivity contribution in [2.24, 2.45) is 0 Å². The smallest absolute Gasteiger partial charge is 0.321 e. The monoisotopic (exact) mass is 238 g/mol. The molecule has 0 spiro atoms. The molecule has 1 fully saturated rings. The lowest BCUT2D eigenvalue weighted by molar-refractivity contribution is 0.422. The van der Waals surface area contributed by atoms with Crippen molar-refractivity contribution >= 4 is 6.01 Å². The fourth-order valence-corrected chi connectivity index (χ4v) is 2.30. The van der Waals surface area contributed by atoms with E-state index in [1.165, 1.54) is 38.5 Å². The van der Waals surface area contributed by atoms with Crippen LogP contribution in [0.15, 0.2) is 4.52 Å². The largest absolute Gasteiger partial charge is 0.336 e. The third-order valence-corrected chi connectivity index (χ3v) is 3.22. The van der Waals surface area contributed by atoms with Gasteiger partial charge in [-0.1, -0.05) is 30.8 Å². The highest BCUT2D eigenvalue weighted by Gasteiger charge is 2.10. The van der Waals surface area contributed by atoms with E-state index in [-0.39, 0.29) is 0 Å². The van der Waals surface area contributed by atoms with E-state index in [9.17, 15) is 0 Å². The topological polar surface area (TPSA) is 63.0 Å². The Kier molecular flexibility index (Phi) is 4.79. The molecule has 0 atom stereocenters. The van der Waals surface area contributed by atoms with Gasteiger partial charge in [0.15, 0.2) is 5.82 Å². The molecule has 1 saturated carbocycles. The molecule has 96 valence electrons. The summed E-state index contributed by atoms with van der Waals surface area (Å²) in [5, 5.41) is 10.4. The van der Waals surface area contributed by atoms with Crippen LogP contribution in [0.5, 0.6) is 0 Å². The van der Waals surface area contributed by atoms with Crippen molar-refractivity contribution in [3.8, 4) is 0 Å². The summed E-state index contributed by atoms with van der Waals surface area (Å²) in [6, 6.07) is 1.22. The number of anilines is 1. The van der Waals surface area contributed by atoms with Gasteiger partial charge in [0.2, 0.25) is 0 Å². The van der Waals surface area contributed by atoms with E-state index >= 15 is 0 Å². The number of aromatic nitrogens is 2. The quantitative estimate of drug-likeness (QED) is 0.607. The van der Waals surface area contributed by atoms with Crippen LogP contribution in [0, 0.1) is 6.92 Å². The molecule has 1 aliphatic carbocycles. The number of rotatable bonds is 5. The number of nitrogens with zero attached hydrogens (tertiary/aromatic N) is 2. The van der Waals surface area contributed by atoms with E-state index < -0.39 is 0 Å². The molecule has 5 nitrogen and oxygen atoms in total. The van der Waals surface area contributed by atoms with Crippen molar-refractivity contribution in [2.75, 3.05) is 18.4 Å². The summed E-state index contributed by atoms with van der Waals surface area (Å²) in [5.41, 5.74) is 0. The molecule has 5 heteroatoms. The van der Waals surface area contributed by atoms with E-state index in [4.69, 9.17) is 4.52 Å². The molecule has 2 rings (SSSR count). The van der Waals surface area contributed by atoms with Crippen molar-refractivity contribution in [1.29, 1.82) is 0 Å². The second kappa shape index (κ2) is 6.59. The van der Waals surface area contributed by atoms with Crippen LogP contribution >= 0.6 is 0 Å². The number of hydrogen-bond donors (Lipinski definition) is 2. The summed E-state index contributed by atoms with van der Waals surface area (Å²) in [6.45, 7) is 3.60. The zero-order chi connectivity index (χ0) is 11.9. The van der Waals surface area contributed by atoms with Gasteiger partial charge in [0.05, 0.1) is 0 Å². The molecule has 0 unspecified atom stereocenters. The van der Waals surface area contributed by atoms with Crippen molar-refractivity contribution < 1.29 is 4.52 Å². The van der Waals surface area contributed by atoms with Gasteiger partial charge in [0.25, 0.3) is 0 Å². The zero-order valence-corrected chi connectivity index (χ0v) is 10.5. The van der Waals surface area contributed by atoms with E-state index in [0.29, 0.717) is 17.9 Å². The number of hydrogen-bond acceptors (Lipinski definition) is 5. The Balaban J connectivity index is 1.59. The molecule has 0 saturated heterocycles. The molecule has 1 aromatic heterocycles. The van der Waals surface area contributed by atoms with Crippen molar-refractivity contribution in [3.05, 3.63) is 5.82 Å². The van der Waals surface area contributed by atoms with E-state index in [2.05, 4.69) is 20.8 Å². The molecule has 0 aliphatic heterocycles. The van der Waals surface area contributed by atoms with Crippen LogP contribution in [-0.2, 0) is 0 Å². The highest BCUT2D eigenvalue weighted by atomic mass is 16.5.